The summed E-state index contributed by atoms with van der Waals surface area (Å²) in [4.78, 5) is 39.5. The zero-order chi connectivity index (χ0) is 18.6. The molecule has 7 heteroatoms. The molecule has 0 aliphatic carbocycles. The fraction of sp³-hybridized carbons (Fsp3) is 0.278. The molecular formula is C18H20FN3O3. The first-order chi connectivity index (χ1) is 11.8. The van der Waals surface area contributed by atoms with E-state index in [1.165, 1.54) is 42.2 Å². The van der Waals surface area contributed by atoms with Crippen molar-refractivity contribution in [2.24, 2.45) is 0 Å². The van der Waals surface area contributed by atoms with Gasteiger partial charge < -0.3 is 10.2 Å². The third-order valence-corrected chi connectivity index (χ3v) is 4.03. The van der Waals surface area contributed by atoms with Crippen LogP contribution in [0, 0.1) is 5.82 Å². The molecule has 0 spiro atoms. The minimum absolute atomic E-state index is 0.0531. The average Bonchev–Trinajstić information content (AvgIpc) is 2.79. The van der Waals surface area contributed by atoms with Crippen LogP contribution in [-0.4, -0.2) is 47.3 Å². The van der Waals surface area contributed by atoms with Crippen molar-refractivity contribution in [1.82, 2.24) is 15.1 Å². The summed E-state index contributed by atoms with van der Waals surface area (Å²) >= 11 is 0. The molecule has 1 aromatic carbocycles. The maximum atomic E-state index is 14.1. The molecule has 1 aromatic rings. The maximum Gasteiger partial charge on any atom is 0.325 e. The number of nitrogens with one attached hydrogen (secondary N) is 1. The number of urea groups is 1. The molecule has 0 radical (unpaired) electrons. The summed E-state index contributed by atoms with van der Waals surface area (Å²) in [6, 6.07) is 4.98. The second kappa shape index (κ2) is 7.29. The highest BCUT2D eigenvalue weighted by atomic mass is 19.1. The molecule has 1 aliphatic rings. The summed E-state index contributed by atoms with van der Waals surface area (Å²) in [5.41, 5.74) is -1.50. The number of hydrogen-bond acceptors (Lipinski definition) is 3. The van der Waals surface area contributed by atoms with Crippen molar-refractivity contribution in [1.29, 1.82) is 0 Å². The number of halogens is 1. The van der Waals surface area contributed by atoms with Crippen molar-refractivity contribution < 1.29 is 18.8 Å². The zero-order valence-electron chi connectivity index (χ0n) is 14.0. The number of hydrogen-bond donors (Lipinski definition) is 1. The summed E-state index contributed by atoms with van der Waals surface area (Å²) < 4.78 is 14.1. The zero-order valence-corrected chi connectivity index (χ0v) is 14.0. The predicted octanol–water partition coefficient (Wildman–Crippen LogP) is 1.79. The molecular weight excluding hydrogens is 325 g/mol. The third-order valence-electron chi connectivity index (χ3n) is 4.03. The lowest BCUT2D eigenvalue weighted by atomic mass is 9.91. The van der Waals surface area contributed by atoms with Crippen molar-refractivity contribution in [3.63, 3.8) is 0 Å². The number of rotatable bonds is 7. The van der Waals surface area contributed by atoms with Gasteiger partial charge in [-0.15, -0.1) is 13.2 Å². The number of carbonyl (C=O) groups is 3. The lowest BCUT2D eigenvalue weighted by Gasteiger charge is -2.24. The first-order valence-electron chi connectivity index (χ1n) is 7.73. The average molecular weight is 345 g/mol. The summed E-state index contributed by atoms with van der Waals surface area (Å²) in [5, 5.41) is 2.48. The molecule has 0 unspecified atom stereocenters. The first kappa shape index (κ1) is 18.4. The van der Waals surface area contributed by atoms with Crippen LogP contribution in [-0.2, 0) is 15.1 Å². The summed E-state index contributed by atoms with van der Waals surface area (Å²) in [5.74, 6) is -1.71. The van der Waals surface area contributed by atoms with E-state index >= 15 is 0 Å². The van der Waals surface area contributed by atoms with E-state index in [9.17, 15) is 18.8 Å². The molecule has 1 fully saturated rings. The Labute approximate surface area is 145 Å². The van der Waals surface area contributed by atoms with Gasteiger partial charge >= 0.3 is 6.03 Å². The number of imide groups is 1. The van der Waals surface area contributed by atoms with Gasteiger partial charge in [0.15, 0.2) is 0 Å². The highest BCUT2D eigenvalue weighted by molar-refractivity contribution is 6.09. The fourth-order valence-corrected chi connectivity index (χ4v) is 2.71. The molecule has 4 amide bonds. The van der Waals surface area contributed by atoms with E-state index in [2.05, 4.69) is 18.5 Å². The Kier molecular flexibility index (Phi) is 5.36. The second-order valence-corrected chi connectivity index (χ2v) is 5.80. The molecule has 132 valence electrons. The Morgan fingerprint density at radius 2 is 1.88 bits per heavy atom. The monoisotopic (exact) mass is 345 g/mol. The van der Waals surface area contributed by atoms with Crippen molar-refractivity contribution >= 4 is 17.8 Å². The minimum Gasteiger partial charge on any atom is -0.334 e. The van der Waals surface area contributed by atoms with Gasteiger partial charge in [-0.2, -0.15) is 0 Å². The Morgan fingerprint density at radius 3 is 2.44 bits per heavy atom. The lowest BCUT2D eigenvalue weighted by molar-refractivity contribution is -0.138. The number of carbonyl (C=O) groups excluding carboxylic acids is 3. The van der Waals surface area contributed by atoms with Crippen molar-refractivity contribution in [2.75, 3.05) is 19.6 Å². The maximum absolute atomic E-state index is 14.1. The number of nitrogens with zero attached hydrogens (tertiary/aromatic N) is 2. The van der Waals surface area contributed by atoms with Crippen molar-refractivity contribution in [3.05, 3.63) is 61.0 Å². The van der Waals surface area contributed by atoms with E-state index in [-0.39, 0.29) is 18.7 Å². The first-order valence-corrected chi connectivity index (χ1v) is 7.73. The molecule has 2 rings (SSSR count). The summed E-state index contributed by atoms with van der Waals surface area (Å²) in [6.07, 6.45) is 3.08. The van der Waals surface area contributed by atoms with Crippen LogP contribution in [0.5, 0.6) is 0 Å². The van der Waals surface area contributed by atoms with Gasteiger partial charge in [0.1, 0.15) is 17.9 Å². The predicted molar refractivity (Wildman–Crippen MR) is 91.0 cm³/mol. The van der Waals surface area contributed by atoms with E-state index in [1.54, 1.807) is 6.07 Å². The quantitative estimate of drug-likeness (QED) is 0.605. The Hall–Kier alpha value is -2.96. The standard InChI is InChI=1S/C18H20FN3O3/c1-4-10-21(11-5-2)15(23)12-22-16(24)18(3,20-17(22)25)13-8-6-7-9-14(13)19/h4-9H,1-2,10-12H2,3H3,(H,20,25)/t18-/m0/s1. The largest absolute Gasteiger partial charge is 0.334 e. The molecule has 1 N–H and O–H groups in total. The molecule has 25 heavy (non-hydrogen) atoms. The molecule has 1 heterocycles. The van der Waals surface area contributed by atoms with E-state index < -0.39 is 35.7 Å². The Balaban J connectivity index is 2.24. The second-order valence-electron chi connectivity index (χ2n) is 5.80. The normalized spacial score (nSPS) is 19.5. The number of benzene rings is 1. The van der Waals surface area contributed by atoms with Crippen LogP contribution in [0.1, 0.15) is 12.5 Å². The molecule has 0 saturated carbocycles. The van der Waals surface area contributed by atoms with Crippen LogP contribution in [0.3, 0.4) is 0 Å². The van der Waals surface area contributed by atoms with Crippen LogP contribution in [0.15, 0.2) is 49.6 Å². The van der Waals surface area contributed by atoms with Crippen LogP contribution in [0.2, 0.25) is 0 Å². The minimum atomic E-state index is -1.55. The molecule has 1 aliphatic heterocycles. The van der Waals surface area contributed by atoms with Gasteiger partial charge in [-0.1, -0.05) is 30.4 Å². The summed E-state index contributed by atoms with van der Waals surface area (Å²) in [6.45, 7) is 8.65. The van der Waals surface area contributed by atoms with E-state index in [1.807, 2.05) is 0 Å². The van der Waals surface area contributed by atoms with Gasteiger partial charge in [0, 0.05) is 18.7 Å². The van der Waals surface area contributed by atoms with E-state index in [4.69, 9.17) is 0 Å². The van der Waals surface area contributed by atoms with Crippen LogP contribution < -0.4 is 5.32 Å². The van der Waals surface area contributed by atoms with Gasteiger partial charge in [0.25, 0.3) is 5.91 Å². The summed E-state index contributed by atoms with van der Waals surface area (Å²) in [7, 11) is 0. The lowest BCUT2D eigenvalue weighted by Crippen LogP contribution is -2.45. The highest BCUT2D eigenvalue weighted by Crippen LogP contribution is 2.30. The van der Waals surface area contributed by atoms with Gasteiger partial charge in [0.05, 0.1) is 0 Å². The molecule has 6 nitrogen and oxygen atoms in total. The van der Waals surface area contributed by atoms with Crippen LogP contribution >= 0.6 is 0 Å². The third kappa shape index (κ3) is 3.45. The smallest absolute Gasteiger partial charge is 0.325 e. The van der Waals surface area contributed by atoms with Crippen LogP contribution in [0.4, 0.5) is 9.18 Å². The Bertz CT molecular complexity index is 724. The molecule has 1 atom stereocenters. The number of amides is 4. The molecule has 0 bridgehead atoms. The van der Waals surface area contributed by atoms with Gasteiger partial charge in [-0.25, -0.2) is 9.18 Å². The van der Waals surface area contributed by atoms with Crippen molar-refractivity contribution in [2.45, 2.75) is 12.5 Å². The van der Waals surface area contributed by atoms with E-state index in [0.29, 0.717) is 0 Å². The topological polar surface area (TPSA) is 69.7 Å². The molecule has 0 aromatic heterocycles. The van der Waals surface area contributed by atoms with Gasteiger partial charge in [-0.3, -0.25) is 14.5 Å². The van der Waals surface area contributed by atoms with Gasteiger partial charge in [-0.05, 0) is 13.0 Å². The van der Waals surface area contributed by atoms with Crippen LogP contribution in [0.25, 0.3) is 0 Å². The molecule has 1 saturated heterocycles. The van der Waals surface area contributed by atoms with Gasteiger partial charge in [0.2, 0.25) is 5.91 Å². The SMILES string of the molecule is C=CCN(CC=C)C(=O)CN1C(=O)N[C@@](C)(c2ccccc2F)C1=O. The van der Waals surface area contributed by atoms with Crippen molar-refractivity contribution in [3.8, 4) is 0 Å². The van der Waals surface area contributed by atoms with E-state index in [0.717, 1.165) is 4.90 Å². The Morgan fingerprint density at radius 1 is 1.28 bits per heavy atom. The highest BCUT2D eigenvalue weighted by Gasteiger charge is 2.50. The fourth-order valence-electron chi connectivity index (χ4n) is 2.71.